The molecule has 0 aromatic carbocycles. The van der Waals surface area contributed by atoms with Gasteiger partial charge in [-0.2, -0.15) is 0 Å². The molecule has 0 radical (unpaired) electrons. The Hall–Kier alpha value is -1.11. The molecule has 1 saturated carbocycles. The maximum absolute atomic E-state index is 13.1. The Morgan fingerprint density at radius 3 is 1.24 bits per heavy atom. The molecule has 5 unspecified atom stereocenters. The van der Waals surface area contributed by atoms with Crippen molar-refractivity contribution in [3.8, 4) is 0 Å². The molecule has 1 fully saturated rings. The van der Waals surface area contributed by atoms with Crippen LogP contribution in [0.1, 0.15) is 206 Å². The molecule has 0 aliphatic heterocycles. The predicted octanol–water partition coefficient (Wildman–Crippen LogP) is 9.29. The fourth-order valence-electron chi connectivity index (χ4n) is 7.81. The number of hydrogen-bond donors (Lipinski definition) is 8. The molecule has 1 aliphatic rings. The van der Waals surface area contributed by atoms with E-state index in [9.17, 15) is 63.1 Å². The number of unbranched alkanes of at least 4 members (excludes halogenated alkanes) is 25. The maximum atomic E-state index is 13.1. The highest BCUT2D eigenvalue weighted by Gasteiger charge is 2.56. The van der Waals surface area contributed by atoms with Crippen LogP contribution in [0.2, 0.25) is 0 Å². The number of phosphoric acid groups is 3. The minimum Gasteiger partial charge on any atom is -0.462 e. The van der Waals surface area contributed by atoms with Crippen molar-refractivity contribution in [2.45, 2.75) is 249 Å². The molecular weight excluding hydrogens is 937 g/mol. The summed E-state index contributed by atoms with van der Waals surface area (Å²) in [6, 6.07) is 0. The van der Waals surface area contributed by atoms with Gasteiger partial charge < -0.3 is 49.3 Å². The Bertz CT molecular complexity index is 1460. The van der Waals surface area contributed by atoms with E-state index in [0.717, 1.165) is 77.0 Å². The summed E-state index contributed by atoms with van der Waals surface area (Å²) in [5.41, 5.74) is 0. The lowest BCUT2D eigenvalue weighted by Gasteiger charge is -2.44. The Morgan fingerprint density at radius 2 is 0.821 bits per heavy atom. The molecule has 8 N–H and O–H groups in total. The van der Waals surface area contributed by atoms with Gasteiger partial charge in [-0.25, -0.2) is 13.7 Å². The van der Waals surface area contributed by atoms with Crippen LogP contribution in [0.4, 0.5) is 0 Å². The quantitative estimate of drug-likeness (QED) is 0.0122. The molecule has 0 bridgehead atoms. The summed E-state index contributed by atoms with van der Waals surface area (Å²) in [5, 5.41) is 31.9. The van der Waals surface area contributed by atoms with E-state index >= 15 is 0 Å². The first kappa shape index (κ1) is 63.9. The number of aliphatic hydroxyl groups is 3. The van der Waals surface area contributed by atoms with Crippen molar-refractivity contribution in [2.75, 3.05) is 13.2 Å². The first-order chi connectivity index (χ1) is 31.8. The highest BCUT2D eigenvalue weighted by atomic mass is 31.2. The first-order valence-electron chi connectivity index (χ1n) is 25.0. The van der Waals surface area contributed by atoms with Gasteiger partial charge in [-0.1, -0.05) is 167 Å². The van der Waals surface area contributed by atoms with Gasteiger partial charge in [-0.3, -0.25) is 27.7 Å². The Balaban J connectivity index is 2.69. The van der Waals surface area contributed by atoms with Gasteiger partial charge in [0, 0.05) is 12.8 Å². The van der Waals surface area contributed by atoms with Crippen LogP contribution in [0, 0.1) is 0 Å². The van der Waals surface area contributed by atoms with E-state index in [0.29, 0.717) is 12.8 Å². The second-order valence-electron chi connectivity index (χ2n) is 17.8. The molecule has 0 aromatic rings. The number of ether oxygens (including phenoxy) is 2. The van der Waals surface area contributed by atoms with E-state index < -0.39 is 91.3 Å². The molecule has 67 heavy (non-hydrogen) atoms. The van der Waals surface area contributed by atoms with Crippen LogP contribution in [0.15, 0.2) is 12.2 Å². The molecule has 19 nitrogen and oxygen atoms in total. The first-order valence-corrected chi connectivity index (χ1v) is 29.5. The lowest BCUT2D eigenvalue weighted by atomic mass is 9.85. The van der Waals surface area contributed by atoms with E-state index in [-0.39, 0.29) is 12.8 Å². The van der Waals surface area contributed by atoms with Gasteiger partial charge in [0.15, 0.2) is 6.10 Å². The van der Waals surface area contributed by atoms with Gasteiger partial charge in [0.25, 0.3) is 0 Å². The fraction of sp³-hybridized carbons (Fsp3) is 0.911. The summed E-state index contributed by atoms with van der Waals surface area (Å²) in [4.78, 5) is 73.2. The van der Waals surface area contributed by atoms with Crippen molar-refractivity contribution in [1.82, 2.24) is 0 Å². The lowest BCUT2D eigenvalue weighted by Crippen LogP contribution is -2.65. The number of aliphatic hydroxyl groups excluding tert-OH is 3. The van der Waals surface area contributed by atoms with Crippen molar-refractivity contribution >= 4 is 35.4 Å². The molecule has 0 aromatic heterocycles. The van der Waals surface area contributed by atoms with Gasteiger partial charge in [-0.05, 0) is 38.5 Å². The Labute approximate surface area is 399 Å². The molecule has 396 valence electrons. The van der Waals surface area contributed by atoms with Crippen LogP contribution in [0.25, 0.3) is 0 Å². The molecule has 1 rings (SSSR count). The van der Waals surface area contributed by atoms with E-state index in [1.807, 2.05) is 0 Å². The molecule has 0 spiro atoms. The number of hydrogen-bond acceptors (Lipinski definition) is 14. The normalized spacial score (nSPS) is 21.6. The lowest BCUT2D eigenvalue weighted by molar-refractivity contribution is -0.213. The number of allylic oxidation sites excluding steroid dienone is 2. The molecular formula is C45H87O19P3. The molecule has 0 saturated heterocycles. The number of carbonyl (C=O) groups is 2. The average Bonchev–Trinajstić information content (AvgIpc) is 3.25. The minimum atomic E-state index is -5.60. The fourth-order valence-corrected chi connectivity index (χ4v) is 9.91. The van der Waals surface area contributed by atoms with Gasteiger partial charge in [0.2, 0.25) is 0 Å². The van der Waals surface area contributed by atoms with Gasteiger partial charge in [0.1, 0.15) is 43.2 Å². The molecule has 0 amide bonds. The number of carbonyl (C=O) groups excluding carboxylic acids is 2. The van der Waals surface area contributed by atoms with Crippen LogP contribution in [0.3, 0.4) is 0 Å². The molecule has 1 aliphatic carbocycles. The summed E-state index contributed by atoms with van der Waals surface area (Å²) >= 11 is 0. The summed E-state index contributed by atoms with van der Waals surface area (Å²) in [7, 11) is -16.6. The second-order valence-corrected chi connectivity index (χ2v) is 21.5. The number of phosphoric ester groups is 3. The topological polar surface area (TPSA) is 303 Å². The zero-order chi connectivity index (χ0) is 50.0. The highest BCUT2D eigenvalue weighted by molar-refractivity contribution is 7.47. The maximum Gasteiger partial charge on any atom is 0.472 e. The van der Waals surface area contributed by atoms with Crippen LogP contribution in [0.5, 0.6) is 0 Å². The van der Waals surface area contributed by atoms with Crippen molar-refractivity contribution in [1.29, 1.82) is 0 Å². The van der Waals surface area contributed by atoms with E-state index in [4.69, 9.17) is 18.5 Å². The highest BCUT2D eigenvalue weighted by Crippen LogP contribution is 2.51. The van der Waals surface area contributed by atoms with Crippen LogP contribution >= 0.6 is 23.5 Å². The van der Waals surface area contributed by atoms with Gasteiger partial charge in [0.05, 0.1) is 6.61 Å². The van der Waals surface area contributed by atoms with Crippen molar-refractivity contribution in [3.05, 3.63) is 12.2 Å². The second kappa shape index (κ2) is 37.6. The number of esters is 2. The molecule has 8 atom stereocenters. The zero-order valence-electron chi connectivity index (χ0n) is 40.2. The largest absolute Gasteiger partial charge is 0.472 e. The van der Waals surface area contributed by atoms with Crippen LogP contribution < -0.4 is 0 Å². The zero-order valence-corrected chi connectivity index (χ0v) is 42.9. The minimum absolute atomic E-state index is 0.00258. The Morgan fingerprint density at radius 1 is 0.463 bits per heavy atom. The monoisotopic (exact) mass is 1020 g/mol. The predicted molar refractivity (Wildman–Crippen MR) is 252 cm³/mol. The molecule has 0 heterocycles. The smallest absolute Gasteiger partial charge is 0.462 e. The third kappa shape index (κ3) is 34.0. The Kier molecular flexibility index (Phi) is 35.9. The molecule has 22 heteroatoms. The number of rotatable bonds is 43. The third-order valence-corrected chi connectivity index (χ3v) is 13.6. The summed E-state index contributed by atoms with van der Waals surface area (Å²) in [5.74, 6) is -1.29. The standard InChI is InChI=1S/C45H87O19P3/c1-3-5-7-9-11-13-15-17-18-19-20-22-23-25-27-29-31-33-38(46)59-35-37(61-39(47)34-32-30-28-26-24-21-16-14-12-10-8-6-4-2)36-60-67(57,58)64-43-40(48)41(49)44(62-65(51,52)53)45(42(43)50)63-66(54,55)56/h17-18,37,40-45,48-50H,3-16,19-36H2,1-2H3,(H,57,58)(H2,51,52,53)(H2,54,55,56)/b18-17-/t37-,40?,41?,42?,43+,44?,45+/m1/s1. The van der Waals surface area contributed by atoms with E-state index in [1.54, 1.807) is 0 Å². The van der Waals surface area contributed by atoms with Crippen LogP contribution in [-0.4, -0.2) is 108 Å². The van der Waals surface area contributed by atoms with E-state index in [1.165, 1.54) is 89.9 Å². The van der Waals surface area contributed by atoms with E-state index in [2.05, 4.69) is 35.0 Å². The van der Waals surface area contributed by atoms with Crippen LogP contribution in [-0.2, 0) is 50.9 Å². The summed E-state index contributed by atoms with van der Waals surface area (Å²) in [6.45, 7) is 2.95. The summed E-state index contributed by atoms with van der Waals surface area (Å²) in [6.07, 6.45) is 19.4. The SMILES string of the molecule is CCCCCCCC/C=C\CCCCCCCCCC(=O)OC[C@H](COP(=O)(O)O[C@H]1C(O)C(O)C(OP(=O)(O)O)[C@@H](OP(=O)(O)O)C1O)OC(=O)CCCCCCCCCCCCCCC. The van der Waals surface area contributed by atoms with Crippen molar-refractivity contribution in [2.24, 2.45) is 0 Å². The average molecular weight is 1030 g/mol. The summed E-state index contributed by atoms with van der Waals surface area (Å²) < 4.78 is 65.5. The van der Waals surface area contributed by atoms with Crippen molar-refractivity contribution in [3.63, 3.8) is 0 Å². The third-order valence-electron chi connectivity index (χ3n) is 11.6. The van der Waals surface area contributed by atoms with Gasteiger partial charge >= 0.3 is 35.4 Å². The van der Waals surface area contributed by atoms with Crippen molar-refractivity contribution < 1.29 is 90.6 Å². The van der Waals surface area contributed by atoms with Gasteiger partial charge in [-0.15, -0.1) is 0 Å².